The van der Waals surface area contributed by atoms with Crippen LogP contribution in [0.25, 0.3) is 0 Å². The van der Waals surface area contributed by atoms with E-state index in [-0.39, 0.29) is 16.9 Å². The zero-order valence-electron chi connectivity index (χ0n) is 10.1. The van der Waals surface area contributed by atoms with Gasteiger partial charge in [0.1, 0.15) is 17.1 Å². The number of nitrogens with zero attached hydrogens (tertiary/aromatic N) is 1. The summed E-state index contributed by atoms with van der Waals surface area (Å²) in [5.41, 5.74) is 4.81. The highest BCUT2D eigenvalue weighted by atomic mass is 19.1. The van der Waals surface area contributed by atoms with Gasteiger partial charge in [-0.2, -0.15) is 0 Å². The van der Waals surface area contributed by atoms with E-state index >= 15 is 0 Å². The van der Waals surface area contributed by atoms with E-state index in [1.807, 2.05) is 0 Å². The molecule has 0 aliphatic carbocycles. The number of halogens is 1. The van der Waals surface area contributed by atoms with E-state index in [2.05, 4.69) is 10.3 Å². The highest BCUT2D eigenvalue weighted by Gasteiger charge is 2.14. The van der Waals surface area contributed by atoms with Crippen molar-refractivity contribution in [2.45, 2.75) is 0 Å². The van der Waals surface area contributed by atoms with Crippen molar-refractivity contribution in [3.63, 3.8) is 0 Å². The van der Waals surface area contributed by atoms with E-state index in [1.165, 1.54) is 24.3 Å². The van der Waals surface area contributed by atoms with Gasteiger partial charge >= 0.3 is 0 Å². The molecule has 2 amide bonds. The number of amides is 2. The van der Waals surface area contributed by atoms with Crippen molar-refractivity contribution in [1.82, 2.24) is 4.98 Å². The van der Waals surface area contributed by atoms with E-state index in [0.717, 1.165) is 12.3 Å². The van der Waals surface area contributed by atoms with Gasteiger partial charge in [0, 0.05) is 6.20 Å². The fourth-order valence-electron chi connectivity index (χ4n) is 1.49. The van der Waals surface area contributed by atoms with Crippen LogP contribution in [0.5, 0.6) is 5.75 Å². The maximum atomic E-state index is 13.4. The largest absolute Gasteiger partial charge is 0.506 e. The molecule has 0 aliphatic rings. The molecule has 102 valence electrons. The Labute approximate surface area is 113 Å². The van der Waals surface area contributed by atoms with Crippen LogP contribution in [0.15, 0.2) is 36.5 Å². The van der Waals surface area contributed by atoms with Crippen molar-refractivity contribution in [3.8, 4) is 5.75 Å². The van der Waals surface area contributed by atoms with E-state index < -0.39 is 23.4 Å². The first-order valence-corrected chi connectivity index (χ1v) is 5.53. The van der Waals surface area contributed by atoms with Gasteiger partial charge in [0.15, 0.2) is 5.82 Å². The Morgan fingerprint density at radius 1 is 1.25 bits per heavy atom. The van der Waals surface area contributed by atoms with Crippen molar-refractivity contribution in [2.75, 3.05) is 5.32 Å². The Bertz CT molecular complexity index is 651. The lowest BCUT2D eigenvalue weighted by atomic mass is 10.2. The summed E-state index contributed by atoms with van der Waals surface area (Å²) in [5, 5.41) is 11.7. The number of anilines is 1. The third-order valence-corrected chi connectivity index (χ3v) is 2.51. The number of aromatic hydroxyl groups is 1. The third kappa shape index (κ3) is 2.72. The molecule has 0 saturated heterocycles. The second kappa shape index (κ2) is 5.35. The van der Waals surface area contributed by atoms with Crippen molar-refractivity contribution in [2.24, 2.45) is 5.73 Å². The summed E-state index contributed by atoms with van der Waals surface area (Å²) in [7, 11) is 0. The lowest BCUT2D eigenvalue weighted by Crippen LogP contribution is -2.16. The van der Waals surface area contributed by atoms with Crippen LogP contribution in [0.3, 0.4) is 0 Å². The summed E-state index contributed by atoms with van der Waals surface area (Å²) in [6.45, 7) is 0. The Balaban J connectivity index is 2.22. The zero-order valence-corrected chi connectivity index (χ0v) is 10.1. The van der Waals surface area contributed by atoms with Crippen LogP contribution in [-0.4, -0.2) is 21.9 Å². The average Bonchev–Trinajstić information content (AvgIpc) is 2.43. The van der Waals surface area contributed by atoms with Gasteiger partial charge in [-0.3, -0.25) is 14.6 Å². The smallest absolute Gasteiger partial charge is 0.274 e. The first kappa shape index (κ1) is 13.5. The summed E-state index contributed by atoms with van der Waals surface area (Å²) >= 11 is 0. The number of benzene rings is 1. The fraction of sp³-hybridized carbons (Fsp3) is 0. The van der Waals surface area contributed by atoms with Crippen LogP contribution >= 0.6 is 0 Å². The molecule has 2 rings (SSSR count). The Hall–Kier alpha value is -2.96. The molecule has 2 aromatic rings. The first-order valence-electron chi connectivity index (χ1n) is 5.53. The predicted octanol–water partition coefficient (Wildman–Crippen LogP) is 1.28. The predicted molar refractivity (Wildman–Crippen MR) is 68.8 cm³/mol. The molecule has 1 aromatic carbocycles. The molecule has 4 N–H and O–H groups in total. The highest BCUT2D eigenvalue weighted by molar-refractivity contribution is 6.04. The van der Waals surface area contributed by atoms with Gasteiger partial charge in [-0.15, -0.1) is 0 Å². The minimum atomic E-state index is -0.771. The molecular formula is C13H10FN3O3. The van der Waals surface area contributed by atoms with Crippen LogP contribution in [0, 0.1) is 5.82 Å². The first-order chi connectivity index (χ1) is 9.49. The van der Waals surface area contributed by atoms with Crippen LogP contribution in [0.1, 0.15) is 20.8 Å². The van der Waals surface area contributed by atoms with E-state index in [0.29, 0.717) is 0 Å². The lowest BCUT2D eigenvalue weighted by molar-refractivity contribution is 0.0993. The minimum Gasteiger partial charge on any atom is -0.506 e. The molecule has 1 heterocycles. The lowest BCUT2D eigenvalue weighted by Gasteiger charge is -2.07. The summed E-state index contributed by atoms with van der Waals surface area (Å²) in [6.07, 6.45) is 1.14. The standard InChI is InChI=1S/C13H10FN3O3/c14-8-2-1-3-10(18)11(8)17-13(20)9-5-4-7(6-16-9)12(15)19/h1-6,18H,(H2,15,19)(H,17,20). The number of para-hydroxylation sites is 1. The zero-order chi connectivity index (χ0) is 14.7. The van der Waals surface area contributed by atoms with Gasteiger partial charge in [0.2, 0.25) is 5.91 Å². The number of phenols is 1. The molecule has 0 bridgehead atoms. The summed E-state index contributed by atoms with van der Waals surface area (Å²) < 4.78 is 13.4. The number of rotatable bonds is 3. The quantitative estimate of drug-likeness (QED) is 0.733. The normalized spacial score (nSPS) is 10.1. The minimum absolute atomic E-state index is 0.0438. The Morgan fingerprint density at radius 3 is 2.55 bits per heavy atom. The topological polar surface area (TPSA) is 105 Å². The number of nitrogens with two attached hydrogens (primary N) is 1. The van der Waals surface area contributed by atoms with Crippen molar-refractivity contribution < 1.29 is 19.1 Å². The summed E-state index contributed by atoms with van der Waals surface area (Å²) in [5.74, 6) is -2.56. The third-order valence-electron chi connectivity index (χ3n) is 2.51. The SMILES string of the molecule is NC(=O)c1ccc(C(=O)Nc2c(O)cccc2F)nc1. The number of carbonyl (C=O) groups excluding carboxylic acids is 2. The maximum absolute atomic E-state index is 13.4. The van der Waals surface area contributed by atoms with Gasteiger partial charge in [-0.25, -0.2) is 4.39 Å². The number of pyridine rings is 1. The van der Waals surface area contributed by atoms with Gasteiger partial charge in [-0.1, -0.05) is 6.07 Å². The number of primary amides is 1. The molecule has 6 nitrogen and oxygen atoms in total. The molecule has 0 aliphatic heterocycles. The molecule has 7 heteroatoms. The number of aromatic nitrogens is 1. The van der Waals surface area contributed by atoms with Gasteiger partial charge < -0.3 is 16.2 Å². The molecule has 0 saturated carbocycles. The van der Waals surface area contributed by atoms with E-state index in [4.69, 9.17) is 5.73 Å². The van der Waals surface area contributed by atoms with Gasteiger partial charge in [-0.05, 0) is 24.3 Å². The number of hydrogen-bond donors (Lipinski definition) is 3. The second-order valence-corrected chi connectivity index (χ2v) is 3.88. The van der Waals surface area contributed by atoms with Gasteiger partial charge in [0.25, 0.3) is 5.91 Å². The second-order valence-electron chi connectivity index (χ2n) is 3.88. The fourth-order valence-corrected chi connectivity index (χ4v) is 1.49. The number of nitrogens with one attached hydrogen (secondary N) is 1. The van der Waals surface area contributed by atoms with Crippen molar-refractivity contribution in [1.29, 1.82) is 0 Å². The molecule has 0 unspecified atom stereocenters. The Morgan fingerprint density at radius 2 is 2.00 bits per heavy atom. The van der Waals surface area contributed by atoms with E-state index in [9.17, 15) is 19.1 Å². The van der Waals surface area contributed by atoms with Crippen LogP contribution in [-0.2, 0) is 0 Å². The molecule has 1 aromatic heterocycles. The van der Waals surface area contributed by atoms with Gasteiger partial charge in [0.05, 0.1) is 5.56 Å². The molecule has 20 heavy (non-hydrogen) atoms. The monoisotopic (exact) mass is 275 g/mol. The average molecular weight is 275 g/mol. The van der Waals surface area contributed by atoms with E-state index in [1.54, 1.807) is 0 Å². The number of phenolic OH excluding ortho intramolecular Hbond substituents is 1. The van der Waals surface area contributed by atoms with Crippen molar-refractivity contribution >= 4 is 17.5 Å². The highest BCUT2D eigenvalue weighted by Crippen LogP contribution is 2.26. The molecule has 0 fully saturated rings. The summed E-state index contributed by atoms with van der Waals surface area (Å²) in [6, 6.07) is 6.24. The van der Waals surface area contributed by atoms with Crippen molar-refractivity contribution in [3.05, 3.63) is 53.6 Å². The van der Waals surface area contributed by atoms with Crippen LogP contribution < -0.4 is 11.1 Å². The molecular weight excluding hydrogens is 265 g/mol. The van der Waals surface area contributed by atoms with Crippen LogP contribution in [0.2, 0.25) is 0 Å². The summed E-state index contributed by atoms with van der Waals surface area (Å²) in [4.78, 5) is 26.4. The molecule has 0 radical (unpaired) electrons. The number of carbonyl (C=O) groups is 2. The maximum Gasteiger partial charge on any atom is 0.274 e. The number of hydrogen-bond acceptors (Lipinski definition) is 4. The molecule has 0 atom stereocenters. The molecule has 0 spiro atoms. The Kier molecular flexibility index (Phi) is 3.60. The van der Waals surface area contributed by atoms with Crippen LogP contribution in [0.4, 0.5) is 10.1 Å².